The number of rotatable bonds is 3. The molecule has 1 rings (SSSR count). The molecule has 1 aliphatic carbocycles. The molecule has 1 aliphatic rings. The molecule has 0 spiro atoms. The van der Waals surface area contributed by atoms with Crippen molar-refractivity contribution in [3.05, 3.63) is 36.1 Å². The van der Waals surface area contributed by atoms with E-state index >= 15 is 0 Å². The largest absolute Gasteiger partial charge is 0.399 e. The van der Waals surface area contributed by atoms with Crippen LogP contribution in [0.5, 0.6) is 0 Å². The van der Waals surface area contributed by atoms with Gasteiger partial charge < -0.3 is 5.73 Å². The van der Waals surface area contributed by atoms with Crippen LogP contribution in [0.2, 0.25) is 0 Å². The molecule has 1 heteroatoms. The standard InChI is InChI=1S/C9H13N/c1-2-3-5-8-6-4-7-9(8)10/h2,6-7H,1,3-5,10H2. The third-order valence-electron chi connectivity index (χ3n) is 1.69. The molecule has 0 aromatic rings. The highest BCUT2D eigenvalue weighted by atomic mass is 14.6. The van der Waals surface area contributed by atoms with Gasteiger partial charge in [0, 0.05) is 5.70 Å². The zero-order valence-corrected chi connectivity index (χ0v) is 6.14. The van der Waals surface area contributed by atoms with E-state index in [2.05, 4.69) is 18.7 Å². The van der Waals surface area contributed by atoms with Gasteiger partial charge in [0.15, 0.2) is 0 Å². The highest BCUT2D eigenvalue weighted by Gasteiger charge is 2.03. The monoisotopic (exact) mass is 135 g/mol. The first-order chi connectivity index (χ1) is 4.84. The average molecular weight is 135 g/mol. The smallest absolute Gasteiger partial charge is 0.0306 e. The predicted molar refractivity (Wildman–Crippen MR) is 44.4 cm³/mol. The number of hydrogen-bond acceptors (Lipinski definition) is 1. The summed E-state index contributed by atoms with van der Waals surface area (Å²) in [5, 5.41) is 0. The first-order valence-corrected chi connectivity index (χ1v) is 3.60. The molecule has 0 heterocycles. The van der Waals surface area contributed by atoms with Crippen molar-refractivity contribution in [3.63, 3.8) is 0 Å². The average Bonchev–Trinajstić information content (AvgIpc) is 2.31. The van der Waals surface area contributed by atoms with E-state index < -0.39 is 0 Å². The van der Waals surface area contributed by atoms with Crippen LogP contribution < -0.4 is 5.73 Å². The van der Waals surface area contributed by atoms with E-state index in [-0.39, 0.29) is 0 Å². The first-order valence-electron chi connectivity index (χ1n) is 3.60. The maximum Gasteiger partial charge on any atom is 0.0306 e. The highest BCUT2D eigenvalue weighted by molar-refractivity contribution is 5.34. The lowest BCUT2D eigenvalue weighted by atomic mass is 10.1. The summed E-state index contributed by atoms with van der Waals surface area (Å²) in [6, 6.07) is 0. The van der Waals surface area contributed by atoms with Crippen LogP contribution in [0.3, 0.4) is 0 Å². The first kappa shape index (κ1) is 7.13. The minimum Gasteiger partial charge on any atom is -0.399 e. The van der Waals surface area contributed by atoms with E-state index in [0.29, 0.717) is 0 Å². The molecule has 1 nitrogen and oxygen atoms in total. The highest BCUT2D eigenvalue weighted by Crippen LogP contribution is 2.18. The SMILES string of the molecule is C=CCCC1=CCC=C1N. The van der Waals surface area contributed by atoms with E-state index in [1.54, 1.807) is 0 Å². The van der Waals surface area contributed by atoms with Gasteiger partial charge in [-0.2, -0.15) is 0 Å². The molecular weight excluding hydrogens is 122 g/mol. The Morgan fingerprint density at radius 3 is 2.90 bits per heavy atom. The van der Waals surface area contributed by atoms with Crippen molar-refractivity contribution in [2.45, 2.75) is 19.3 Å². The Hall–Kier alpha value is -0.980. The van der Waals surface area contributed by atoms with Gasteiger partial charge in [-0.05, 0) is 24.8 Å². The molecule has 2 N–H and O–H groups in total. The van der Waals surface area contributed by atoms with Gasteiger partial charge in [-0.25, -0.2) is 0 Å². The lowest BCUT2D eigenvalue weighted by Gasteiger charge is -1.99. The minimum atomic E-state index is 0.960. The van der Waals surface area contributed by atoms with E-state index in [1.807, 2.05) is 6.08 Å². The molecule has 0 aromatic carbocycles. The maximum absolute atomic E-state index is 5.68. The van der Waals surface area contributed by atoms with Crippen LogP contribution in [0.1, 0.15) is 19.3 Å². The van der Waals surface area contributed by atoms with E-state index in [4.69, 9.17) is 5.73 Å². The number of allylic oxidation sites excluding steroid dienone is 4. The topological polar surface area (TPSA) is 26.0 Å². The summed E-state index contributed by atoms with van der Waals surface area (Å²) in [7, 11) is 0. The second kappa shape index (κ2) is 3.25. The third-order valence-corrected chi connectivity index (χ3v) is 1.69. The van der Waals surface area contributed by atoms with Crippen molar-refractivity contribution in [2.24, 2.45) is 5.73 Å². The fourth-order valence-electron chi connectivity index (χ4n) is 1.08. The summed E-state index contributed by atoms with van der Waals surface area (Å²) in [5.41, 5.74) is 7.93. The Morgan fingerprint density at radius 2 is 2.40 bits per heavy atom. The fraction of sp³-hybridized carbons (Fsp3) is 0.333. The van der Waals surface area contributed by atoms with Gasteiger partial charge in [0.2, 0.25) is 0 Å². The molecule has 0 saturated carbocycles. The molecule has 0 atom stereocenters. The minimum absolute atomic E-state index is 0.960. The summed E-state index contributed by atoms with van der Waals surface area (Å²) >= 11 is 0. The van der Waals surface area contributed by atoms with E-state index in [0.717, 1.165) is 25.0 Å². The summed E-state index contributed by atoms with van der Waals surface area (Å²) < 4.78 is 0. The molecule has 0 bridgehead atoms. The van der Waals surface area contributed by atoms with Gasteiger partial charge in [-0.15, -0.1) is 6.58 Å². The van der Waals surface area contributed by atoms with Crippen molar-refractivity contribution in [1.82, 2.24) is 0 Å². The van der Waals surface area contributed by atoms with Crippen molar-refractivity contribution < 1.29 is 0 Å². The van der Waals surface area contributed by atoms with Gasteiger partial charge in [0.1, 0.15) is 0 Å². The van der Waals surface area contributed by atoms with E-state index in [9.17, 15) is 0 Å². The van der Waals surface area contributed by atoms with Crippen molar-refractivity contribution in [3.8, 4) is 0 Å². The third kappa shape index (κ3) is 1.50. The zero-order chi connectivity index (χ0) is 7.40. The second-order valence-electron chi connectivity index (χ2n) is 2.45. The summed E-state index contributed by atoms with van der Waals surface area (Å²) in [6.45, 7) is 3.66. The van der Waals surface area contributed by atoms with Crippen LogP contribution in [-0.4, -0.2) is 0 Å². The normalized spacial score (nSPS) is 16.4. The summed E-state index contributed by atoms with van der Waals surface area (Å²) in [4.78, 5) is 0. The lowest BCUT2D eigenvalue weighted by molar-refractivity contribution is 0.986. The molecule has 54 valence electrons. The van der Waals surface area contributed by atoms with Crippen LogP contribution >= 0.6 is 0 Å². The van der Waals surface area contributed by atoms with E-state index in [1.165, 1.54) is 5.57 Å². The number of nitrogens with two attached hydrogens (primary N) is 1. The number of hydrogen-bond donors (Lipinski definition) is 1. The molecule has 0 radical (unpaired) electrons. The molecule has 0 aliphatic heterocycles. The molecule has 0 aromatic heterocycles. The van der Waals surface area contributed by atoms with Gasteiger partial charge in [0.05, 0.1) is 0 Å². The van der Waals surface area contributed by atoms with Crippen LogP contribution in [0.25, 0.3) is 0 Å². The van der Waals surface area contributed by atoms with Crippen LogP contribution in [-0.2, 0) is 0 Å². The fourth-order valence-corrected chi connectivity index (χ4v) is 1.08. The molecule has 0 saturated heterocycles. The molecular formula is C9H13N. The Bertz CT molecular complexity index is 187. The van der Waals surface area contributed by atoms with Crippen LogP contribution in [0.15, 0.2) is 36.1 Å². The predicted octanol–water partition coefficient (Wildman–Crippen LogP) is 2.13. The van der Waals surface area contributed by atoms with Crippen LogP contribution in [0, 0.1) is 0 Å². The Kier molecular flexibility index (Phi) is 2.32. The Balaban J connectivity index is 2.41. The second-order valence-corrected chi connectivity index (χ2v) is 2.45. The van der Waals surface area contributed by atoms with Crippen LogP contribution in [0.4, 0.5) is 0 Å². The molecule has 0 amide bonds. The summed E-state index contributed by atoms with van der Waals surface area (Å²) in [5.74, 6) is 0. The summed E-state index contributed by atoms with van der Waals surface area (Å²) in [6.07, 6.45) is 9.24. The van der Waals surface area contributed by atoms with Crippen molar-refractivity contribution >= 4 is 0 Å². The van der Waals surface area contributed by atoms with Crippen molar-refractivity contribution in [1.29, 1.82) is 0 Å². The zero-order valence-electron chi connectivity index (χ0n) is 6.14. The lowest BCUT2D eigenvalue weighted by Crippen LogP contribution is -1.97. The van der Waals surface area contributed by atoms with Crippen molar-refractivity contribution in [2.75, 3.05) is 0 Å². The molecule has 10 heavy (non-hydrogen) atoms. The van der Waals surface area contributed by atoms with Gasteiger partial charge in [-0.1, -0.05) is 18.2 Å². The Labute approximate surface area is 61.9 Å². The van der Waals surface area contributed by atoms with Gasteiger partial charge in [0.25, 0.3) is 0 Å². The maximum atomic E-state index is 5.68. The molecule has 0 fully saturated rings. The molecule has 0 unspecified atom stereocenters. The van der Waals surface area contributed by atoms with Gasteiger partial charge in [-0.3, -0.25) is 0 Å². The quantitative estimate of drug-likeness (QED) is 0.589. The van der Waals surface area contributed by atoms with Gasteiger partial charge >= 0.3 is 0 Å². The Morgan fingerprint density at radius 1 is 1.60 bits per heavy atom.